The van der Waals surface area contributed by atoms with Gasteiger partial charge in [-0.25, -0.2) is 0 Å². The molecule has 0 aromatic heterocycles. The summed E-state index contributed by atoms with van der Waals surface area (Å²) in [6.45, 7) is 5.66. The number of carbonyl (C=O) groups is 1. The molecule has 1 amide bonds. The van der Waals surface area contributed by atoms with Gasteiger partial charge in [-0.1, -0.05) is 32.0 Å². The van der Waals surface area contributed by atoms with Gasteiger partial charge in [0.2, 0.25) is 5.91 Å². The maximum absolute atomic E-state index is 12.1. The highest BCUT2D eigenvalue weighted by Gasteiger charge is 2.27. The highest BCUT2D eigenvalue weighted by Crippen LogP contribution is 2.31. The molecule has 4 heteroatoms. The molecule has 3 nitrogen and oxygen atoms in total. The van der Waals surface area contributed by atoms with Gasteiger partial charge in [-0.05, 0) is 17.5 Å². The molecule has 1 aliphatic rings. The number of amides is 1. The maximum Gasteiger partial charge on any atom is 0.237 e. The van der Waals surface area contributed by atoms with E-state index in [-0.39, 0.29) is 5.91 Å². The summed E-state index contributed by atoms with van der Waals surface area (Å²) >= 11 is 1.67. The third-order valence-corrected chi connectivity index (χ3v) is 4.47. The van der Waals surface area contributed by atoms with E-state index >= 15 is 0 Å². The number of anilines is 1. The number of carbonyl (C=O) groups excluding carboxylic acids is 1. The first-order valence-corrected chi connectivity index (χ1v) is 7.39. The van der Waals surface area contributed by atoms with Crippen molar-refractivity contribution in [2.45, 2.75) is 25.0 Å². The zero-order valence-corrected chi connectivity index (χ0v) is 11.7. The van der Waals surface area contributed by atoms with E-state index in [1.54, 1.807) is 11.8 Å². The van der Waals surface area contributed by atoms with Gasteiger partial charge in [0.1, 0.15) is 0 Å². The van der Waals surface area contributed by atoms with Crippen molar-refractivity contribution in [3.05, 3.63) is 29.8 Å². The summed E-state index contributed by atoms with van der Waals surface area (Å²) in [5, 5.41) is 0.350. The Morgan fingerprint density at radius 1 is 1.44 bits per heavy atom. The van der Waals surface area contributed by atoms with E-state index in [1.807, 2.05) is 23.1 Å². The zero-order chi connectivity index (χ0) is 13.1. The van der Waals surface area contributed by atoms with Crippen molar-refractivity contribution < 1.29 is 4.79 Å². The van der Waals surface area contributed by atoms with Gasteiger partial charge in [0.05, 0.1) is 5.75 Å². The highest BCUT2D eigenvalue weighted by atomic mass is 32.2. The topological polar surface area (TPSA) is 46.3 Å². The predicted molar refractivity (Wildman–Crippen MR) is 78.2 cm³/mol. The second kappa shape index (κ2) is 5.76. The number of hydrogen-bond donors (Lipinski definition) is 1. The Labute approximate surface area is 113 Å². The Morgan fingerprint density at radius 2 is 2.17 bits per heavy atom. The minimum Gasteiger partial charge on any atom is -0.329 e. The van der Waals surface area contributed by atoms with Crippen LogP contribution in [0.5, 0.6) is 0 Å². The smallest absolute Gasteiger partial charge is 0.237 e. The van der Waals surface area contributed by atoms with Crippen LogP contribution in [0.2, 0.25) is 0 Å². The van der Waals surface area contributed by atoms with Crippen LogP contribution in [0.15, 0.2) is 24.3 Å². The average molecular weight is 264 g/mol. The Balaban J connectivity index is 2.31. The third-order valence-electron chi connectivity index (χ3n) is 3.24. The summed E-state index contributed by atoms with van der Waals surface area (Å²) in [6, 6.07) is 8.17. The van der Waals surface area contributed by atoms with Gasteiger partial charge < -0.3 is 10.6 Å². The fourth-order valence-electron chi connectivity index (χ4n) is 2.22. The number of nitrogens with zero attached hydrogens (tertiary/aromatic N) is 1. The molecule has 18 heavy (non-hydrogen) atoms. The normalized spacial score (nSPS) is 20.6. The summed E-state index contributed by atoms with van der Waals surface area (Å²) in [4.78, 5) is 14.0. The molecule has 0 bridgehead atoms. The van der Waals surface area contributed by atoms with E-state index in [0.717, 1.165) is 12.2 Å². The van der Waals surface area contributed by atoms with E-state index in [1.165, 1.54) is 5.56 Å². The Bertz CT molecular complexity index is 434. The first-order valence-electron chi connectivity index (χ1n) is 6.34. The van der Waals surface area contributed by atoms with E-state index in [4.69, 9.17) is 5.73 Å². The van der Waals surface area contributed by atoms with Crippen LogP contribution in [0.1, 0.15) is 25.3 Å². The molecule has 98 valence electrons. The summed E-state index contributed by atoms with van der Waals surface area (Å²) in [6.07, 6.45) is 0. The van der Waals surface area contributed by atoms with Crippen LogP contribution < -0.4 is 10.6 Å². The number of rotatable bonds is 3. The lowest BCUT2D eigenvalue weighted by Crippen LogP contribution is -2.45. The molecule has 1 aromatic rings. The van der Waals surface area contributed by atoms with Crippen LogP contribution in [-0.4, -0.2) is 30.0 Å². The molecule has 1 unspecified atom stereocenters. The number of hydrogen-bond acceptors (Lipinski definition) is 3. The molecule has 0 radical (unpaired) electrons. The van der Waals surface area contributed by atoms with E-state index < -0.39 is 0 Å². The van der Waals surface area contributed by atoms with Crippen molar-refractivity contribution in [3.63, 3.8) is 0 Å². The van der Waals surface area contributed by atoms with Crippen LogP contribution in [0, 0.1) is 0 Å². The quantitative estimate of drug-likeness (QED) is 0.910. The Morgan fingerprint density at radius 3 is 2.83 bits per heavy atom. The first kappa shape index (κ1) is 13.4. The molecule has 2 rings (SSSR count). The lowest BCUT2D eigenvalue weighted by Gasteiger charge is -2.33. The van der Waals surface area contributed by atoms with Gasteiger partial charge in [-0.3, -0.25) is 4.79 Å². The summed E-state index contributed by atoms with van der Waals surface area (Å²) in [5.41, 5.74) is 8.01. The number of thioether (sulfide) groups is 1. The van der Waals surface area contributed by atoms with Crippen molar-refractivity contribution in [2.24, 2.45) is 5.73 Å². The largest absolute Gasteiger partial charge is 0.329 e. The lowest BCUT2D eigenvalue weighted by atomic mass is 10.00. The van der Waals surface area contributed by atoms with Crippen molar-refractivity contribution >= 4 is 23.4 Å². The third kappa shape index (κ3) is 2.70. The molecule has 1 heterocycles. The van der Waals surface area contributed by atoms with Gasteiger partial charge in [0, 0.05) is 24.0 Å². The Hall–Kier alpha value is -1.00. The summed E-state index contributed by atoms with van der Waals surface area (Å²) < 4.78 is 0. The van der Waals surface area contributed by atoms with Crippen molar-refractivity contribution in [2.75, 3.05) is 23.7 Å². The number of nitrogens with two attached hydrogens (primary N) is 1. The van der Waals surface area contributed by atoms with Gasteiger partial charge in [-0.15, -0.1) is 11.8 Å². The monoisotopic (exact) mass is 264 g/mol. The van der Waals surface area contributed by atoms with E-state index in [2.05, 4.69) is 19.9 Å². The maximum atomic E-state index is 12.1. The number of para-hydroxylation sites is 1. The van der Waals surface area contributed by atoms with Crippen LogP contribution in [-0.2, 0) is 4.79 Å². The van der Waals surface area contributed by atoms with Crippen molar-refractivity contribution in [1.29, 1.82) is 0 Å². The second-order valence-electron chi connectivity index (χ2n) is 4.89. The molecular weight excluding hydrogens is 244 g/mol. The molecule has 1 fully saturated rings. The van der Waals surface area contributed by atoms with Crippen molar-refractivity contribution in [1.82, 2.24) is 0 Å². The predicted octanol–water partition coefficient (Wildman–Crippen LogP) is 2.22. The molecule has 1 aromatic carbocycles. The second-order valence-corrected chi connectivity index (χ2v) is 6.18. The SMILES string of the molecule is CC(C)c1ccccc1N1CC(CN)SCC1=O. The summed E-state index contributed by atoms with van der Waals surface area (Å²) in [7, 11) is 0. The summed E-state index contributed by atoms with van der Waals surface area (Å²) in [5.74, 6) is 1.14. The van der Waals surface area contributed by atoms with Crippen LogP contribution in [0.25, 0.3) is 0 Å². The van der Waals surface area contributed by atoms with Crippen LogP contribution in [0.4, 0.5) is 5.69 Å². The molecule has 2 N–H and O–H groups in total. The first-order chi connectivity index (χ1) is 8.63. The zero-order valence-electron chi connectivity index (χ0n) is 10.9. The van der Waals surface area contributed by atoms with Gasteiger partial charge >= 0.3 is 0 Å². The highest BCUT2D eigenvalue weighted by molar-refractivity contribution is 8.00. The molecule has 1 saturated heterocycles. The van der Waals surface area contributed by atoms with Crippen LogP contribution >= 0.6 is 11.8 Å². The minimum absolute atomic E-state index is 0.192. The van der Waals surface area contributed by atoms with E-state index in [0.29, 0.717) is 23.5 Å². The van der Waals surface area contributed by atoms with Crippen LogP contribution in [0.3, 0.4) is 0 Å². The molecule has 0 spiro atoms. The fourth-order valence-corrected chi connectivity index (χ4v) is 3.15. The van der Waals surface area contributed by atoms with Gasteiger partial charge in [0.25, 0.3) is 0 Å². The fraction of sp³-hybridized carbons (Fsp3) is 0.500. The lowest BCUT2D eigenvalue weighted by molar-refractivity contribution is -0.116. The van der Waals surface area contributed by atoms with Gasteiger partial charge in [-0.2, -0.15) is 0 Å². The standard InChI is InChI=1S/C14H20N2OS/c1-10(2)12-5-3-4-6-13(12)16-8-11(7-15)18-9-14(16)17/h3-6,10-11H,7-9,15H2,1-2H3. The van der Waals surface area contributed by atoms with Gasteiger partial charge in [0.15, 0.2) is 0 Å². The number of benzene rings is 1. The molecular formula is C14H20N2OS. The van der Waals surface area contributed by atoms with E-state index in [9.17, 15) is 4.79 Å². The Kier molecular flexibility index (Phi) is 4.30. The molecule has 1 atom stereocenters. The average Bonchev–Trinajstić information content (AvgIpc) is 2.39. The molecule has 0 saturated carbocycles. The molecule has 0 aliphatic carbocycles. The van der Waals surface area contributed by atoms with Crippen molar-refractivity contribution in [3.8, 4) is 0 Å². The minimum atomic E-state index is 0.192. The molecule has 1 aliphatic heterocycles.